The summed E-state index contributed by atoms with van der Waals surface area (Å²) in [6, 6.07) is 17.1. The van der Waals surface area contributed by atoms with Gasteiger partial charge in [-0.1, -0.05) is 54.6 Å². The van der Waals surface area contributed by atoms with Gasteiger partial charge in [0.1, 0.15) is 0 Å². The summed E-state index contributed by atoms with van der Waals surface area (Å²) in [5.74, 6) is -1.25. The van der Waals surface area contributed by atoms with E-state index in [1.165, 1.54) is 0 Å². The summed E-state index contributed by atoms with van der Waals surface area (Å²) < 4.78 is 11.3. The highest BCUT2D eigenvalue weighted by molar-refractivity contribution is 5.84. The standard InChI is InChI=1S/C20H20O5/c21-12-14-6-8-15(9-7-14)13-24-19-11-17(10-18(25-19)20(22)23)16-4-2-1-3-5-16/h1-10,17,19,21H,11-13H2,(H,22,23). The van der Waals surface area contributed by atoms with Crippen LogP contribution < -0.4 is 0 Å². The van der Waals surface area contributed by atoms with E-state index in [9.17, 15) is 9.90 Å². The second-order valence-electron chi connectivity index (χ2n) is 5.92. The second-order valence-corrected chi connectivity index (χ2v) is 5.92. The van der Waals surface area contributed by atoms with Gasteiger partial charge in [0.25, 0.3) is 0 Å². The molecule has 1 heterocycles. The van der Waals surface area contributed by atoms with E-state index in [1.54, 1.807) is 6.08 Å². The van der Waals surface area contributed by atoms with Crippen molar-refractivity contribution >= 4 is 5.97 Å². The zero-order valence-corrected chi connectivity index (χ0v) is 13.7. The molecule has 0 saturated carbocycles. The van der Waals surface area contributed by atoms with Crippen LogP contribution in [-0.4, -0.2) is 22.5 Å². The van der Waals surface area contributed by atoms with E-state index in [0.29, 0.717) is 13.0 Å². The van der Waals surface area contributed by atoms with Gasteiger partial charge in [0, 0.05) is 12.3 Å². The normalized spacial score (nSPS) is 19.8. The summed E-state index contributed by atoms with van der Waals surface area (Å²) in [4.78, 5) is 11.3. The molecule has 1 aliphatic rings. The van der Waals surface area contributed by atoms with Crippen LogP contribution in [0.2, 0.25) is 0 Å². The SMILES string of the molecule is O=C(O)C1=CC(c2ccccc2)CC(OCc2ccc(CO)cc2)O1. The lowest BCUT2D eigenvalue weighted by molar-refractivity contribution is -0.159. The zero-order valence-electron chi connectivity index (χ0n) is 13.7. The van der Waals surface area contributed by atoms with Gasteiger partial charge in [-0.05, 0) is 22.8 Å². The summed E-state index contributed by atoms with van der Waals surface area (Å²) in [5, 5.41) is 18.4. The molecule has 25 heavy (non-hydrogen) atoms. The first-order valence-corrected chi connectivity index (χ1v) is 8.12. The highest BCUT2D eigenvalue weighted by atomic mass is 16.7. The molecule has 0 spiro atoms. The lowest BCUT2D eigenvalue weighted by Crippen LogP contribution is -2.26. The van der Waals surface area contributed by atoms with Gasteiger partial charge >= 0.3 is 5.97 Å². The third kappa shape index (κ3) is 4.47. The molecule has 2 unspecified atom stereocenters. The van der Waals surface area contributed by atoms with Gasteiger partial charge in [-0.3, -0.25) is 0 Å². The number of carboxylic acids is 1. The minimum atomic E-state index is -1.10. The molecule has 0 radical (unpaired) electrons. The van der Waals surface area contributed by atoms with Crippen molar-refractivity contribution in [1.82, 2.24) is 0 Å². The van der Waals surface area contributed by atoms with Crippen molar-refractivity contribution in [2.45, 2.75) is 31.8 Å². The second kappa shape index (κ2) is 7.96. The molecule has 5 nitrogen and oxygen atoms in total. The molecule has 0 saturated heterocycles. The van der Waals surface area contributed by atoms with Crippen LogP contribution in [-0.2, 0) is 27.5 Å². The molecule has 2 N–H and O–H groups in total. The maximum atomic E-state index is 11.3. The largest absolute Gasteiger partial charge is 0.475 e. The maximum absolute atomic E-state index is 11.3. The highest BCUT2D eigenvalue weighted by Gasteiger charge is 2.28. The van der Waals surface area contributed by atoms with Crippen LogP contribution in [0.1, 0.15) is 29.0 Å². The number of carboxylic acid groups (broad SMARTS) is 1. The van der Waals surface area contributed by atoms with Gasteiger partial charge in [-0.15, -0.1) is 0 Å². The Morgan fingerprint density at radius 1 is 1.08 bits per heavy atom. The molecule has 0 aromatic heterocycles. The van der Waals surface area contributed by atoms with Gasteiger partial charge in [-0.25, -0.2) is 4.79 Å². The topological polar surface area (TPSA) is 76.0 Å². The average molecular weight is 340 g/mol. The van der Waals surface area contributed by atoms with Crippen LogP contribution in [0.25, 0.3) is 0 Å². The number of allylic oxidation sites excluding steroid dienone is 1. The van der Waals surface area contributed by atoms with Crippen molar-refractivity contribution in [3.05, 3.63) is 83.1 Å². The number of rotatable bonds is 6. The predicted octanol–water partition coefficient (Wildman–Crippen LogP) is 3.19. The highest BCUT2D eigenvalue weighted by Crippen LogP contribution is 2.31. The Kier molecular flexibility index (Phi) is 5.48. The third-order valence-corrected chi connectivity index (χ3v) is 4.14. The summed E-state index contributed by atoms with van der Waals surface area (Å²) >= 11 is 0. The first kappa shape index (κ1) is 17.2. The first-order valence-electron chi connectivity index (χ1n) is 8.12. The Balaban J connectivity index is 1.69. The first-order chi connectivity index (χ1) is 12.2. The average Bonchev–Trinajstić information content (AvgIpc) is 2.67. The maximum Gasteiger partial charge on any atom is 0.370 e. The number of ether oxygens (including phenoxy) is 2. The number of aliphatic hydroxyl groups is 1. The van der Waals surface area contributed by atoms with E-state index in [4.69, 9.17) is 14.6 Å². The Morgan fingerprint density at radius 3 is 2.40 bits per heavy atom. The number of aliphatic carboxylic acids is 1. The van der Waals surface area contributed by atoms with E-state index in [1.807, 2.05) is 54.6 Å². The number of carbonyl (C=O) groups is 1. The third-order valence-electron chi connectivity index (χ3n) is 4.14. The van der Waals surface area contributed by atoms with E-state index in [-0.39, 0.29) is 18.3 Å². The molecule has 3 rings (SSSR count). The molecule has 0 aliphatic carbocycles. The molecule has 130 valence electrons. The van der Waals surface area contributed by atoms with Crippen LogP contribution in [0.5, 0.6) is 0 Å². The van der Waals surface area contributed by atoms with E-state index < -0.39 is 12.3 Å². The van der Waals surface area contributed by atoms with Gasteiger partial charge in [0.2, 0.25) is 12.0 Å². The number of benzene rings is 2. The number of hydrogen-bond donors (Lipinski definition) is 2. The van der Waals surface area contributed by atoms with Crippen LogP contribution in [0.3, 0.4) is 0 Å². The predicted molar refractivity (Wildman–Crippen MR) is 91.5 cm³/mol. The molecule has 2 atom stereocenters. The van der Waals surface area contributed by atoms with Crippen LogP contribution in [0, 0.1) is 0 Å². The minimum Gasteiger partial charge on any atom is -0.475 e. The van der Waals surface area contributed by atoms with Crippen LogP contribution in [0.15, 0.2) is 66.4 Å². The molecular weight excluding hydrogens is 320 g/mol. The summed E-state index contributed by atoms with van der Waals surface area (Å²) in [6.07, 6.45) is 1.56. The van der Waals surface area contributed by atoms with E-state index in [0.717, 1.165) is 16.7 Å². The molecule has 2 aromatic carbocycles. The van der Waals surface area contributed by atoms with Gasteiger partial charge < -0.3 is 19.7 Å². The number of aliphatic hydroxyl groups excluding tert-OH is 1. The van der Waals surface area contributed by atoms with Gasteiger partial charge in [0.05, 0.1) is 13.2 Å². The Bertz CT molecular complexity index is 736. The summed E-state index contributed by atoms with van der Waals surface area (Å²) in [5.41, 5.74) is 2.80. The lowest BCUT2D eigenvalue weighted by Gasteiger charge is -2.28. The van der Waals surface area contributed by atoms with Crippen molar-refractivity contribution in [1.29, 1.82) is 0 Å². The fourth-order valence-electron chi connectivity index (χ4n) is 2.77. The summed E-state index contributed by atoms with van der Waals surface area (Å²) in [6.45, 7) is 0.309. The molecule has 5 heteroatoms. The van der Waals surface area contributed by atoms with Crippen molar-refractivity contribution in [2.24, 2.45) is 0 Å². The molecule has 0 fully saturated rings. The Hall–Kier alpha value is -2.63. The quantitative estimate of drug-likeness (QED) is 0.844. The van der Waals surface area contributed by atoms with Crippen molar-refractivity contribution in [3.63, 3.8) is 0 Å². The fraction of sp³-hybridized carbons (Fsp3) is 0.250. The van der Waals surface area contributed by atoms with Crippen molar-refractivity contribution in [3.8, 4) is 0 Å². The summed E-state index contributed by atoms with van der Waals surface area (Å²) in [7, 11) is 0. The molecule has 0 bridgehead atoms. The fourth-order valence-corrected chi connectivity index (χ4v) is 2.77. The monoisotopic (exact) mass is 340 g/mol. The molecule has 0 amide bonds. The molecule has 2 aromatic rings. The van der Waals surface area contributed by atoms with E-state index >= 15 is 0 Å². The van der Waals surface area contributed by atoms with Crippen molar-refractivity contribution < 1.29 is 24.5 Å². The molecule has 1 aliphatic heterocycles. The van der Waals surface area contributed by atoms with Gasteiger partial charge in [-0.2, -0.15) is 0 Å². The minimum absolute atomic E-state index is 0.00159. The number of hydrogen-bond acceptors (Lipinski definition) is 4. The van der Waals surface area contributed by atoms with Crippen LogP contribution >= 0.6 is 0 Å². The van der Waals surface area contributed by atoms with Crippen molar-refractivity contribution in [2.75, 3.05) is 0 Å². The smallest absolute Gasteiger partial charge is 0.370 e. The Labute approximate surface area is 146 Å². The van der Waals surface area contributed by atoms with E-state index in [2.05, 4.69) is 0 Å². The molecular formula is C20H20O5. The lowest BCUT2D eigenvalue weighted by atomic mass is 9.93. The van der Waals surface area contributed by atoms with Gasteiger partial charge in [0.15, 0.2) is 0 Å². The van der Waals surface area contributed by atoms with Crippen LogP contribution in [0.4, 0.5) is 0 Å². The zero-order chi connectivity index (χ0) is 17.6. The Morgan fingerprint density at radius 2 is 1.76 bits per heavy atom.